The number of thiazole rings is 1. The van der Waals surface area contributed by atoms with Crippen LogP contribution in [0.15, 0.2) is 11.2 Å². The number of likely N-dealkylation sites (tertiary alicyclic amines) is 1. The SMILES string of the molecule is CCNC(=NCc1cnc(CC(C)C)s1)N1CCN(C(C)C(=O)N2CCCC2)CC1.I. The van der Waals surface area contributed by atoms with Gasteiger partial charge in [0.15, 0.2) is 5.96 Å². The molecule has 1 unspecified atom stereocenters. The zero-order chi connectivity index (χ0) is 21.5. The van der Waals surface area contributed by atoms with Crippen LogP contribution in [0.4, 0.5) is 0 Å². The van der Waals surface area contributed by atoms with Crippen LogP contribution >= 0.6 is 35.3 Å². The van der Waals surface area contributed by atoms with Crippen molar-refractivity contribution in [1.82, 2.24) is 25.0 Å². The van der Waals surface area contributed by atoms with Gasteiger partial charge in [0.05, 0.1) is 17.6 Å². The average Bonchev–Trinajstić information content (AvgIpc) is 3.42. The van der Waals surface area contributed by atoms with Crippen molar-refractivity contribution in [1.29, 1.82) is 0 Å². The smallest absolute Gasteiger partial charge is 0.239 e. The van der Waals surface area contributed by atoms with Crippen molar-refractivity contribution in [3.8, 4) is 0 Å². The fraction of sp³-hybridized carbons (Fsp3) is 0.773. The molecule has 31 heavy (non-hydrogen) atoms. The molecule has 7 nitrogen and oxygen atoms in total. The van der Waals surface area contributed by atoms with Crippen LogP contribution in [0.1, 0.15) is 50.4 Å². The number of rotatable bonds is 7. The molecule has 0 saturated carbocycles. The highest BCUT2D eigenvalue weighted by Gasteiger charge is 2.30. The topological polar surface area (TPSA) is 64.1 Å². The van der Waals surface area contributed by atoms with Gasteiger partial charge in [0.1, 0.15) is 0 Å². The van der Waals surface area contributed by atoms with E-state index in [1.54, 1.807) is 11.3 Å². The molecule has 0 aromatic carbocycles. The summed E-state index contributed by atoms with van der Waals surface area (Å²) in [5.41, 5.74) is 0. The Kier molecular flexibility index (Phi) is 11.0. The van der Waals surface area contributed by atoms with Crippen molar-refractivity contribution >= 4 is 47.2 Å². The highest BCUT2D eigenvalue weighted by Crippen LogP contribution is 2.18. The zero-order valence-electron chi connectivity index (χ0n) is 19.5. The number of guanidine groups is 1. The van der Waals surface area contributed by atoms with E-state index in [1.807, 2.05) is 11.1 Å². The van der Waals surface area contributed by atoms with Gasteiger partial charge in [0.2, 0.25) is 5.91 Å². The number of aliphatic imine (C=N–C) groups is 1. The Morgan fingerprint density at radius 2 is 1.81 bits per heavy atom. The lowest BCUT2D eigenvalue weighted by Gasteiger charge is -2.39. The molecular weight excluding hydrogens is 523 g/mol. The normalized spacial score (nSPS) is 18.9. The summed E-state index contributed by atoms with van der Waals surface area (Å²) in [5.74, 6) is 1.89. The largest absolute Gasteiger partial charge is 0.357 e. The van der Waals surface area contributed by atoms with Crippen LogP contribution in [0.5, 0.6) is 0 Å². The number of hydrogen-bond donors (Lipinski definition) is 1. The van der Waals surface area contributed by atoms with Gasteiger partial charge in [-0.1, -0.05) is 13.8 Å². The molecule has 176 valence electrons. The number of aromatic nitrogens is 1. The summed E-state index contributed by atoms with van der Waals surface area (Å²) in [5, 5.41) is 4.64. The minimum absolute atomic E-state index is 0. The first-order valence-corrected chi connectivity index (χ1v) is 12.3. The second kappa shape index (κ2) is 12.9. The van der Waals surface area contributed by atoms with Crippen LogP contribution in [-0.2, 0) is 17.8 Å². The Morgan fingerprint density at radius 1 is 1.13 bits per heavy atom. The molecule has 3 heterocycles. The molecule has 2 saturated heterocycles. The van der Waals surface area contributed by atoms with Crippen LogP contribution in [0, 0.1) is 5.92 Å². The van der Waals surface area contributed by atoms with E-state index in [0.717, 1.165) is 71.0 Å². The molecule has 2 aliphatic rings. The monoisotopic (exact) mass is 562 g/mol. The number of halogens is 1. The molecule has 0 radical (unpaired) electrons. The predicted octanol–water partition coefficient (Wildman–Crippen LogP) is 3.05. The van der Waals surface area contributed by atoms with Gasteiger partial charge in [-0.3, -0.25) is 9.69 Å². The standard InChI is InChI=1S/C22H38N6OS.HI/c1-5-23-22(25-16-19-15-24-20(30-19)14-17(2)3)28-12-10-26(11-13-28)18(4)21(29)27-8-6-7-9-27;/h15,17-18H,5-14,16H2,1-4H3,(H,23,25);1H. The molecule has 0 aliphatic carbocycles. The molecule has 1 amide bonds. The van der Waals surface area contributed by atoms with E-state index in [-0.39, 0.29) is 30.0 Å². The number of piperazine rings is 1. The minimum Gasteiger partial charge on any atom is -0.357 e. The highest BCUT2D eigenvalue weighted by molar-refractivity contribution is 14.0. The maximum atomic E-state index is 12.7. The van der Waals surface area contributed by atoms with Gasteiger partial charge >= 0.3 is 0 Å². The van der Waals surface area contributed by atoms with Crippen molar-refractivity contribution in [2.24, 2.45) is 10.9 Å². The molecule has 0 spiro atoms. The van der Waals surface area contributed by atoms with E-state index in [0.29, 0.717) is 18.4 Å². The number of carbonyl (C=O) groups is 1. The average molecular weight is 563 g/mol. The third-order valence-corrected chi connectivity index (χ3v) is 6.84. The lowest BCUT2D eigenvalue weighted by atomic mass is 10.1. The summed E-state index contributed by atoms with van der Waals surface area (Å²) in [6.07, 6.45) is 5.30. The maximum Gasteiger partial charge on any atom is 0.239 e. The quantitative estimate of drug-likeness (QED) is 0.315. The third kappa shape index (κ3) is 7.56. The number of nitrogens with one attached hydrogen (secondary N) is 1. The Bertz CT molecular complexity index is 711. The van der Waals surface area contributed by atoms with Crippen LogP contribution in [0.25, 0.3) is 0 Å². The van der Waals surface area contributed by atoms with Crippen LogP contribution < -0.4 is 5.32 Å². The van der Waals surface area contributed by atoms with Crippen LogP contribution in [0.2, 0.25) is 0 Å². The van der Waals surface area contributed by atoms with E-state index in [4.69, 9.17) is 4.99 Å². The number of nitrogens with zero attached hydrogens (tertiary/aromatic N) is 5. The summed E-state index contributed by atoms with van der Waals surface area (Å²) >= 11 is 1.77. The molecule has 1 aromatic heterocycles. The Balaban J connectivity index is 0.00000341. The number of carbonyl (C=O) groups excluding carboxylic acids is 1. The lowest BCUT2D eigenvalue weighted by Crippen LogP contribution is -2.57. The molecule has 3 rings (SSSR count). The summed E-state index contributed by atoms with van der Waals surface area (Å²) < 4.78 is 0. The first kappa shape index (κ1) is 26.3. The van der Waals surface area contributed by atoms with E-state index < -0.39 is 0 Å². The van der Waals surface area contributed by atoms with Crippen molar-refractivity contribution in [2.45, 2.75) is 59.5 Å². The first-order valence-electron chi connectivity index (χ1n) is 11.5. The Morgan fingerprint density at radius 3 is 2.42 bits per heavy atom. The summed E-state index contributed by atoms with van der Waals surface area (Å²) in [7, 11) is 0. The third-order valence-electron chi connectivity index (χ3n) is 5.84. The molecule has 1 N–H and O–H groups in total. The predicted molar refractivity (Wildman–Crippen MR) is 139 cm³/mol. The molecule has 2 fully saturated rings. The van der Waals surface area contributed by atoms with Crippen molar-refractivity contribution in [2.75, 3.05) is 45.8 Å². The molecular formula is C22H39IN6OS. The summed E-state index contributed by atoms with van der Waals surface area (Å²) in [6, 6.07) is -0.0265. The molecule has 0 bridgehead atoms. The fourth-order valence-electron chi connectivity index (χ4n) is 4.12. The fourth-order valence-corrected chi connectivity index (χ4v) is 5.18. The van der Waals surface area contributed by atoms with E-state index in [2.05, 4.69) is 47.8 Å². The van der Waals surface area contributed by atoms with E-state index >= 15 is 0 Å². The maximum absolute atomic E-state index is 12.7. The minimum atomic E-state index is -0.0265. The van der Waals surface area contributed by atoms with E-state index in [1.165, 1.54) is 9.88 Å². The van der Waals surface area contributed by atoms with Crippen molar-refractivity contribution in [3.05, 3.63) is 16.1 Å². The zero-order valence-corrected chi connectivity index (χ0v) is 22.6. The Hall–Kier alpha value is -0.940. The van der Waals surface area contributed by atoms with Crippen LogP contribution in [-0.4, -0.2) is 83.4 Å². The van der Waals surface area contributed by atoms with Crippen molar-refractivity contribution in [3.63, 3.8) is 0 Å². The second-order valence-corrected chi connectivity index (χ2v) is 9.92. The molecule has 9 heteroatoms. The van der Waals surface area contributed by atoms with Gasteiger partial charge in [-0.15, -0.1) is 35.3 Å². The number of amides is 1. The molecule has 1 aromatic rings. The Labute approximate surface area is 208 Å². The van der Waals surface area contributed by atoms with E-state index in [9.17, 15) is 4.79 Å². The molecule has 2 aliphatic heterocycles. The van der Waals surface area contributed by atoms with Gasteiger partial charge < -0.3 is 15.1 Å². The first-order chi connectivity index (χ1) is 14.5. The van der Waals surface area contributed by atoms with Crippen LogP contribution in [0.3, 0.4) is 0 Å². The van der Waals surface area contributed by atoms with Gasteiger partial charge in [0.25, 0.3) is 0 Å². The van der Waals surface area contributed by atoms with Gasteiger partial charge in [-0.2, -0.15) is 0 Å². The highest BCUT2D eigenvalue weighted by atomic mass is 127. The summed E-state index contributed by atoms with van der Waals surface area (Å²) in [4.78, 5) is 30.0. The van der Waals surface area contributed by atoms with Gasteiger partial charge in [0, 0.05) is 63.3 Å². The van der Waals surface area contributed by atoms with Gasteiger partial charge in [-0.05, 0) is 32.6 Å². The molecule has 1 atom stereocenters. The lowest BCUT2D eigenvalue weighted by molar-refractivity contribution is -0.135. The van der Waals surface area contributed by atoms with Crippen molar-refractivity contribution < 1.29 is 4.79 Å². The second-order valence-electron chi connectivity index (χ2n) is 8.72. The summed E-state index contributed by atoms with van der Waals surface area (Å²) in [6.45, 7) is 15.6. The number of hydrogen-bond acceptors (Lipinski definition) is 5. The van der Waals surface area contributed by atoms with Gasteiger partial charge in [-0.25, -0.2) is 9.98 Å².